The zero-order valence-electron chi connectivity index (χ0n) is 10.7. The van der Waals surface area contributed by atoms with Crippen LogP contribution in [0.2, 0.25) is 0 Å². The van der Waals surface area contributed by atoms with E-state index in [4.69, 9.17) is 4.52 Å². The molecule has 2 heterocycles. The summed E-state index contributed by atoms with van der Waals surface area (Å²) < 4.78 is 5.20. The van der Waals surface area contributed by atoms with E-state index < -0.39 is 0 Å². The lowest BCUT2D eigenvalue weighted by Gasteiger charge is -2.38. The largest absolute Gasteiger partial charge is 0.360 e. The van der Waals surface area contributed by atoms with Crippen LogP contribution in [0.4, 0.5) is 0 Å². The molecule has 0 spiro atoms. The molecule has 1 aliphatic heterocycles. The SMILES string of the molecule is O=C1CCCC1C1CCCCN1Cc1ccno1. The van der Waals surface area contributed by atoms with Crippen molar-refractivity contribution in [1.82, 2.24) is 10.1 Å². The molecule has 0 amide bonds. The summed E-state index contributed by atoms with van der Waals surface area (Å²) in [5.41, 5.74) is 0. The highest BCUT2D eigenvalue weighted by molar-refractivity contribution is 5.83. The van der Waals surface area contributed by atoms with Gasteiger partial charge in [-0.2, -0.15) is 0 Å². The monoisotopic (exact) mass is 248 g/mol. The van der Waals surface area contributed by atoms with Crippen molar-refractivity contribution in [3.05, 3.63) is 18.0 Å². The smallest absolute Gasteiger partial charge is 0.150 e. The third-order valence-electron chi connectivity index (χ3n) is 4.33. The van der Waals surface area contributed by atoms with Crippen LogP contribution < -0.4 is 0 Å². The van der Waals surface area contributed by atoms with E-state index in [2.05, 4.69) is 10.1 Å². The highest BCUT2D eigenvalue weighted by Crippen LogP contribution is 2.33. The van der Waals surface area contributed by atoms with Gasteiger partial charge in [-0.15, -0.1) is 0 Å². The van der Waals surface area contributed by atoms with Crippen LogP contribution in [0.5, 0.6) is 0 Å². The normalized spacial score (nSPS) is 29.9. The van der Waals surface area contributed by atoms with Crippen molar-refractivity contribution in [1.29, 1.82) is 0 Å². The number of carbonyl (C=O) groups excluding carboxylic acids is 1. The zero-order chi connectivity index (χ0) is 12.4. The number of piperidine rings is 1. The van der Waals surface area contributed by atoms with E-state index in [9.17, 15) is 4.79 Å². The van der Waals surface area contributed by atoms with Gasteiger partial charge in [0.2, 0.25) is 0 Å². The Morgan fingerprint density at radius 2 is 2.28 bits per heavy atom. The van der Waals surface area contributed by atoms with Crippen LogP contribution in [0.1, 0.15) is 44.3 Å². The lowest BCUT2D eigenvalue weighted by molar-refractivity contribution is -0.123. The molecule has 1 aliphatic carbocycles. The number of Topliss-reactive ketones (excluding diaryl/α,β-unsaturated/α-hetero) is 1. The molecule has 2 atom stereocenters. The van der Waals surface area contributed by atoms with E-state index >= 15 is 0 Å². The van der Waals surface area contributed by atoms with Gasteiger partial charge in [0.1, 0.15) is 5.78 Å². The maximum Gasteiger partial charge on any atom is 0.150 e. The molecule has 1 aromatic heterocycles. The predicted octanol–water partition coefficient (Wildman–Crippen LogP) is 2.40. The van der Waals surface area contributed by atoms with Crippen LogP contribution in [-0.2, 0) is 11.3 Å². The Morgan fingerprint density at radius 3 is 3.00 bits per heavy atom. The number of nitrogens with zero attached hydrogens (tertiary/aromatic N) is 2. The molecule has 2 aliphatic rings. The molecule has 2 unspecified atom stereocenters. The molecule has 3 rings (SSSR count). The lowest BCUT2D eigenvalue weighted by atomic mass is 9.88. The van der Waals surface area contributed by atoms with Crippen molar-refractivity contribution in [2.45, 2.75) is 51.1 Å². The summed E-state index contributed by atoms with van der Waals surface area (Å²) in [6.45, 7) is 1.88. The number of ketones is 1. The lowest BCUT2D eigenvalue weighted by Crippen LogP contribution is -2.44. The van der Waals surface area contributed by atoms with Gasteiger partial charge in [0, 0.05) is 24.4 Å². The quantitative estimate of drug-likeness (QED) is 0.824. The van der Waals surface area contributed by atoms with E-state index in [1.165, 1.54) is 12.8 Å². The number of hydrogen-bond donors (Lipinski definition) is 0. The minimum Gasteiger partial charge on any atom is -0.360 e. The van der Waals surface area contributed by atoms with Crippen LogP contribution in [0.3, 0.4) is 0 Å². The predicted molar refractivity (Wildman–Crippen MR) is 66.9 cm³/mol. The summed E-state index contributed by atoms with van der Waals surface area (Å²) in [7, 11) is 0. The summed E-state index contributed by atoms with van der Waals surface area (Å²) in [6.07, 6.45) is 8.27. The molecule has 1 saturated carbocycles. The molecule has 4 heteroatoms. The average molecular weight is 248 g/mol. The molecule has 98 valence electrons. The topological polar surface area (TPSA) is 46.3 Å². The second-order valence-corrected chi connectivity index (χ2v) is 5.48. The first-order valence-corrected chi connectivity index (χ1v) is 7.01. The Labute approximate surface area is 107 Å². The first kappa shape index (κ1) is 11.9. The minimum atomic E-state index is 0.272. The van der Waals surface area contributed by atoms with Crippen LogP contribution in [0, 0.1) is 5.92 Å². The standard InChI is InChI=1S/C14H20N2O2/c17-14-6-3-4-12(14)13-5-1-2-9-16(13)10-11-7-8-15-18-11/h7-8,12-13H,1-6,9-10H2. The third-order valence-corrected chi connectivity index (χ3v) is 4.33. The Morgan fingerprint density at radius 1 is 1.33 bits per heavy atom. The molecule has 0 bridgehead atoms. The average Bonchev–Trinajstić information content (AvgIpc) is 3.02. The molecule has 2 fully saturated rings. The number of rotatable bonds is 3. The highest BCUT2D eigenvalue weighted by Gasteiger charge is 2.36. The Hall–Kier alpha value is -1.16. The van der Waals surface area contributed by atoms with Gasteiger partial charge >= 0.3 is 0 Å². The van der Waals surface area contributed by atoms with Gasteiger partial charge in [0.15, 0.2) is 5.76 Å². The van der Waals surface area contributed by atoms with Crippen LogP contribution in [-0.4, -0.2) is 28.4 Å². The van der Waals surface area contributed by atoms with Gasteiger partial charge in [-0.05, 0) is 32.2 Å². The van der Waals surface area contributed by atoms with E-state index in [0.29, 0.717) is 11.8 Å². The van der Waals surface area contributed by atoms with Crippen LogP contribution in [0.25, 0.3) is 0 Å². The maximum atomic E-state index is 12.0. The van der Waals surface area contributed by atoms with Crippen molar-refractivity contribution >= 4 is 5.78 Å². The maximum absolute atomic E-state index is 12.0. The van der Waals surface area contributed by atoms with E-state index in [0.717, 1.165) is 44.5 Å². The summed E-state index contributed by atoms with van der Waals surface area (Å²) in [6, 6.07) is 2.35. The number of likely N-dealkylation sites (tertiary alicyclic amines) is 1. The van der Waals surface area contributed by atoms with E-state index in [-0.39, 0.29) is 5.92 Å². The van der Waals surface area contributed by atoms with Gasteiger partial charge in [-0.3, -0.25) is 9.69 Å². The summed E-state index contributed by atoms with van der Waals surface area (Å²) in [5, 5.41) is 3.76. The molecule has 0 radical (unpaired) electrons. The number of aromatic nitrogens is 1. The third kappa shape index (κ3) is 2.34. The van der Waals surface area contributed by atoms with Gasteiger partial charge in [-0.25, -0.2) is 0 Å². The summed E-state index contributed by atoms with van der Waals surface area (Å²) >= 11 is 0. The number of hydrogen-bond acceptors (Lipinski definition) is 4. The van der Waals surface area contributed by atoms with Gasteiger partial charge < -0.3 is 4.52 Å². The summed E-state index contributed by atoms with van der Waals surface area (Å²) in [5.74, 6) is 1.66. The second kappa shape index (κ2) is 5.22. The first-order valence-electron chi connectivity index (χ1n) is 7.01. The van der Waals surface area contributed by atoms with Crippen molar-refractivity contribution in [3.8, 4) is 0 Å². The molecule has 1 saturated heterocycles. The molecule has 4 nitrogen and oxygen atoms in total. The molecule has 18 heavy (non-hydrogen) atoms. The van der Waals surface area contributed by atoms with Gasteiger partial charge in [0.05, 0.1) is 12.7 Å². The Bertz CT molecular complexity index is 402. The first-order chi connectivity index (χ1) is 8.84. The van der Waals surface area contributed by atoms with Crippen molar-refractivity contribution in [2.24, 2.45) is 5.92 Å². The van der Waals surface area contributed by atoms with E-state index in [1.54, 1.807) is 6.20 Å². The van der Waals surface area contributed by atoms with Crippen LogP contribution in [0.15, 0.2) is 16.8 Å². The fourth-order valence-corrected chi connectivity index (χ4v) is 3.44. The Kier molecular flexibility index (Phi) is 3.46. The van der Waals surface area contributed by atoms with Gasteiger partial charge in [0.25, 0.3) is 0 Å². The minimum absolute atomic E-state index is 0.272. The molecule has 0 aromatic carbocycles. The fourth-order valence-electron chi connectivity index (χ4n) is 3.44. The fraction of sp³-hybridized carbons (Fsp3) is 0.714. The zero-order valence-corrected chi connectivity index (χ0v) is 10.7. The van der Waals surface area contributed by atoms with Crippen molar-refractivity contribution in [3.63, 3.8) is 0 Å². The molecule has 0 N–H and O–H groups in total. The molecular formula is C14H20N2O2. The van der Waals surface area contributed by atoms with Crippen molar-refractivity contribution < 1.29 is 9.32 Å². The van der Waals surface area contributed by atoms with Crippen LogP contribution >= 0.6 is 0 Å². The second-order valence-electron chi connectivity index (χ2n) is 5.48. The van der Waals surface area contributed by atoms with E-state index in [1.807, 2.05) is 6.07 Å². The van der Waals surface area contributed by atoms with Crippen molar-refractivity contribution in [2.75, 3.05) is 6.54 Å². The summed E-state index contributed by atoms with van der Waals surface area (Å²) in [4.78, 5) is 14.4. The Balaban J connectivity index is 1.71. The molecular weight excluding hydrogens is 228 g/mol. The van der Waals surface area contributed by atoms with Gasteiger partial charge in [-0.1, -0.05) is 11.6 Å². The number of carbonyl (C=O) groups is 1. The highest BCUT2D eigenvalue weighted by atomic mass is 16.5. The molecule has 1 aromatic rings.